The van der Waals surface area contributed by atoms with Crippen LogP contribution in [0, 0.1) is 5.41 Å². The predicted molar refractivity (Wildman–Crippen MR) is 77.8 cm³/mol. The van der Waals surface area contributed by atoms with Crippen LogP contribution in [0.4, 0.5) is 0 Å². The first-order valence-corrected chi connectivity index (χ1v) is 6.88. The highest BCUT2D eigenvalue weighted by atomic mass is 16.5. The summed E-state index contributed by atoms with van der Waals surface area (Å²) in [4.78, 5) is 23.9. The fourth-order valence-corrected chi connectivity index (χ4v) is 1.83. The van der Waals surface area contributed by atoms with E-state index in [0.29, 0.717) is 12.0 Å². The maximum Gasteiger partial charge on any atom is 0.323 e. The van der Waals surface area contributed by atoms with Gasteiger partial charge in [0.25, 0.3) is 0 Å². The van der Waals surface area contributed by atoms with E-state index in [1.165, 1.54) is 13.0 Å². The van der Waals surface area contributed by atoms with Crippen LogP contribution in [-0.2, 0) is 14.3 Å². The van der Waals surface area contributed by atoms with E-state index in [2.05, 4.69) is 20.1 Å². The third-order valence-corrected chi connectivity index (χ3v) is 3.48. The van der Waals surface area contributed by atoms with Gasteiger partial charge < -0.3 is 4.74 Å². The topological polar surface area (TPSA) is 43.4 Å². The van der Waals surface area contributed by atoms with Gasteiger partial charge in [-0.2, -0.15) is 0 Å². The second-order valence-corrected chi connectivity index (χ2v) is 4.98. The third-order valence-electron chi connectivity index (χ3n) is 3.48. The Bertz CT molecular complexity index is 344. The first-order valence-electron chi connectivity index (χ1n) is 6.88. The molecule has 1 atom stereocenters. The molecule has 0 N–H and O–H groups in total. The van der Waals surface area contributed by atoms with Crippen LogP contribution >= 0.6 is 0 Å². The van der Waals surface area contributed by atoms with Gasteiger partial charge in [0.05, 0.1) is 0 Å². The largest absolute Gasteiger partial charge is 0.460 e. The molecule has 0 aromatic heterocycles. The summed E-state index contributed by atoms with van der Waals surface area (Å²) >= 11 is 0. The van der Waals surface area contributed by atoms with Gasteiger partial charge in [-0.15, -0.1) is 0 Å². The van der Waals surface area contributed by atoms with Crippen LogP contribution in [0.1, 0.15) is 52.9 Å². The van der Waals surface area contributed by atoms with E-state index in [1.807, 2.05) is 0 Å². The van der Waals surface area contributed by atoms with Crippen molar-refractivity contribution in [2.75, 3.05) is 6.61 Å². The Hall–Kier alpha value is -1.38. The number of ether oxygens (including phenoxy) is 1. The maximum atomic E-state index is 12.0. The summed E-state index contributed by atoms with van der Waals surface area (Å²) in [6, 6.07) is 0. The minimum atomic E-state index is -1.23. The van der Waals surface area contributed by atoms with Gasteiger partial charge in [-0.05, 0) is 26.7 Å². The average molecular weight is 266 g/mol. The fourth-order valence-electron chi connectivity index (χ4n) is 1.83. The van der Waals surface area contributed by atoms with E-state index in [9.17, 15) is 9.59 Å². The van der Waals surface area contributed by atoms with Crippen molar-refractivity contribution in [3.8, 4) is 0 Å². The summed E-state index contributed by atoms with van der Waals surface area (Å²) in [5.41, 5.74) is -0.583. The Labute approximate surface area is 116 Å². The number of carbonyl (C=O) groups is 2. The van der Waals surface area contributed by atoms with Crippen LogP contribution in [0.15, 0.2) is 24.8 Å². The van der Waals surface area contributed by atoms with Gasteiger partial charge in [0, 0.05) is 0 Å². The summed E-state index contributed by atoms with van der Waals surface area (Å²) in [6.45, 7) is 12.7. The Balaban J connectivity index is 4.68. The molecule has 0 aromatic rings. The third kappa shape index (κ3) is 5.01. The van der Waals surface area contributed by atoms with E-state index in [1.54, 1.807) is 6.92 Å². The molecule has 108 valence electrons. The molecule has 3 nitrogen and oxygen atoms in total. The number of carbonyl (C=O) groups excluding carboxylic acids is 2. The molecule has 0 radical (unpaired) electrons. The van der Waals surface area contributed by atoms with Crippen LogP contribution in [0.5, 0.6) is 0 Å². The van der Waals surface area contributed by atoms with Crippen molar-refractivity contribution in [2.45, 2.75) is 52.9 Å². The van der Waals surface area contributed by atoms with Crippen molar-refractivity contribution >= 4 is 11.8 Å². The van der Waals surface area contributed by atoms with Gasteiger partial charge in [0.2, 0.25) is 0 Å². The number of Topliss-reactive ketones (excluding diaryl/α,β-unsaturated/α-hetero) is 1. The number of ketones is 1. The summed E-state index contributed by atoms with van der Waals surface area (Å²) in [6.07, 6.45) is 6.51. The van der Waals surface area contributed by atoms with Crippen LogP contribution in [0.25, 0.3) is 0 Å². The highest BCUT2D eigenvalue weighted by Crippen LogP contribution is 2.32. The SMILES string of the molecule is C=CCOC(=O)C(C)(C(=C)CCCCCC)C(C)=O. The van der Waals surface area contributed by atoms with Gasteiger partial charge >= 0.3 is 5.97 Å². The summed E-state index contributed by atoms with van der Waals surface area (Å²) < 4.78 is 5.03. The lowest BCUT2D eigenvalue weighted by atomic mass is 9.77. The fraction of sp³-hybridized carbons (Fsp3) is 0.625. The molecule has 0 spiro atoms. The minimum absolute atomic E-state index is 0.116. The Morgan fingerprint density at radius 3 is 2.37 bits per heavy atom. The molecular formula is C16H26O3. The standard InChI is InChI=1S/C16H26O3/c1-6-8-9-10-11-13(3)16(5,14(4)17)15(18)19-12-7-2/h7H,2-3,6,8-12H2,1,4-5H3. The average Bonchev–Trinajstić information content (AvgIpc) is 2.39. The zero-order chi connectivity index (χ0) is 14.9. The molecule has 3 heteroatoms. The van der Waals surface area contributed by atoms with Crippen molar-refractivity contribution < 1.29 is 14.3 Å². The minimum Gasteiger partial charge on any atom is -0.460 e. The summed E-state index contributed by atoms with van der Waals surface area (Å²) in [7, 11) is 0. The molecule has 0 bridgehead atoms. The van der Waals surface area contributed by atoms with Crippen LogP contribution in [-0.4, -0.2) is 18.4 Å². The molecule has 19 heavy (non-hydrogen) atoms. The van der Waals surface area contributed by atoms with E-state index >= 15 is 0 Å². The van der Waals surface area contributed by atoms with Crippen molar-refractivity contribution in [3.05, 3.63) is 24.8 Å². The van der Waals surface area contributed by atoms with Gasteiger partial charge in [-0.1, -0.05) is 51.0 Å². The van der Waals surface area contributed by atoms with Crippen molar-refractivity contribution in [3.63, 3.8) is 0 Å². The van der Waals surface area contributed by atoms with Crippen LogP contribution in [0.2, 0.25) is 0 Å². The molecule has 0 heterocycles. The van der Waals surface area contributed by atoms with Crippen molar-refractivity contribution in [1.82, 2.24) is 0 Å². The Morgan fingerprint density at radius 2 is 1.89 bits per heavy atom. The lowest BCUT2D eigenvalue weighted by Gasteiger charge is -2.26. The Morgan fingerprint density at radius 1 is 1.26 bits per heavy atom. The Kier molecular flexibility index (Phi) is 8.05. The second-order valence-electron chi connectivity index (χ2n) is 4.98. The molecule has 0 saturated carbocycles. The molecule has 0 aliphatic carbocycles. The van der Waals surface area contributed by atoms with Crippen molar-refractivity contribution in [2.24, 2.45) is 5.41 Å². The lowest BCUT2D eigenvalue weighted by molar-refractivity contribution is -0.155. The number of rotatable bonds is 10. The molecule has 0 aromatic carbocycles. The van der Waals surface area contributed by atoms with Crippen molar-refractivity contribution in [1.29, 1.82) is 0 Å². The molecule has 0 amide bonds. The van der Waals surface area contributed by atoms with E-state index in [-0.39, 0.29) is 12.4 Å². The van der Waals surface area contributed by atoms with Gasteiger partial charge in [-0.3, -0.25) is 9.59 Å². The van der Waals surface area contributed by atoms with E-state index < -0.39 is 11.4 Å². The first kappa shape index (κ1) is 17.6. The van der Waals surface area contributed by atoms with Gasteiger partial charge in [0.1, 0.15) is 12.0 Å². The normalized spacial score (nSPS) is 13.4. The summed E-state index contributed by atoms with van der Waals surface area (Å²) in [5, 5.41) is 0. The number of unbranched alkanes of at least 4 members (excludes halogenated alkanes) is 3. The van der Waals surface area contributed by atoms with Crippen LogP contribution < -0.4 is 0 Å². The van der Waals surface area contributed by atoms with E-state index in [4.69, 9.17) is 4.74 Å². The molecular weight excluding hydrogens is 240 g/mol. The van der Waals surface area contributed by atoms with Gasteiger partial charge in [-0.25, -0.2) is 0 Å². The smallest absolute Gasteiger partial charge is 0.323 e. The quantitative estimate of drug-likeness (QED) is 0.261. The first-order chi connectivity index (χ1) is 8.91. The molecule has 1 unspecified atom stereocenters. The highest BCUT2D eigenvalue weighted by molar-refractivity contribution is 6.05. The molecule has 0 fully saturated rings. The zero-order valence-corrected chi connectivity index (χ0v) is 12.5. The lowest BCUT2D eigenvalue weighted by Crippen LogP contribution is -2.38. The number of hydrogen-bond acceptors (Lipinski definition) is 3. The van der Waals surface area contributed by atoms with Gasteiger partial charge in [0.15, 0.2) is 5.78 Å². The van der Waals surface area contributed by atoms with Crippen LogP contribution in [0.3, 0.4) is 0 Å². The van der Waals surface area contributed by atoms with E-state index in [0.717, 1.165) is 25.7 Å². The highest BCUT2D eigenvalue weighted by Gasteiger charge is 2.42. The maximum absolute atomic E-state index is 12.0. The molecule has 0 saturated heterocycles. The predicted octanol–water partition coefficient (Wildman–Crippen LogP) is 3.84. The number of esters is 1. The molecule has 0 aliphatic heterocycles. The molecule has 0 rings (SSSR count). The second kappa shape index (κ2) is 8.68. The molecule has 0 aliphatic rings. The summed E-state index contributed by atoms with van der Waals surface area (Å²) in [5.74, 6) is -0.748. The monoisotopic (exact) mass is 266 g/mol. The number of hydrogen-bond donors (Lipinski definition) is 0. The zero-order valence-electron chi connectivity index (χ0n) is 12.5.